The summed E-state index contributed by atoms with van der Waals surface area (Å²) in [5, 5.41) is 4.40. The molecule has 0 radical (unpaired) electrons. The molecule has 1 aromatic rings. The SMILES string of the molecule is BrCCC1CCN(c2nccs2)CC1. The van der Waals surface area contributed by atoms with Gasteiger partial charge in [-0.05, 0) is 25.2 Å². The highest BCUT2D eigenvalue weighted by atomic mass is 79.9. The molecular weight excluding hydrogens is 260 g/mol. The Morgan fingerprint density at radius 2 is 2.29 bits per heavy atom. The first-order chi connectivity index (χ1) is 6.90. The minimum atomic E-state index is 0.922. The van der Waals surface area contributed by atoms with Crippen LogP contribution in [0.4, 0.5) is 5.13 Å². The smallest absolute Gasteiger partial charge is 0.185 e. The molecule has 1 saturated heterocycles. The molecular formula is C10H15BrN2S. The molecule has 0 aliphatic carbocycles. The molecule has 0 amide bonds. The van der Waals surface area contributed by atoms with Gasteiger partial charge in [0, 0.05) is 30.0 Å². The Balaban J connectivity index is 1.84. The van der Waals surface area contributed by atoms with Gasteiger partial charge in [-0.25, -0.2) is 4.98 Å². The summed E-state index contributed by atoms with van der Waals surface area (Å²) in [7, 11) is 0. The van der Waals surface area contributed by atoms with E-state index >= 15 is 0 Å². The van der Waals surface area contributed by atoms with Crippen LogP contribution in [-0.4, -0.2) is 23.4 Å². The fourth-order valence-electron chi connectivity index (χ4n) is 1.94. The summed E-state index contributed by atoms with van der Waals surface area (Å²) in [6.45, 7) is 2.37. The second kappa shape index (κ2) is 5.12. The zero-order valence-corrected chi connectivity index (χ0v) is 10.6. The number of aromatic nitrogens is 1. The lowest BCUT2D eigenvalue weighted by molar-refractivity contribution is 0.398. The third-order valence-corrected chi connectivity index (χ3v) is 4.11. The Hall–Kier alpha value is -0.0900. The van der Waals surface area contributed by atoms with E-state index < -0.39 is 0 Å². The van der Waals surface area contributed by atoms with Gasteiger partial charge >= 0.3 is 0 Å². The molecule has 0 N–H and O–H groups in total. The lowest BCUT2D eigenvalue weighted by atomic mass is 9.95. The minimum absolute atomic E-state index is 0.922. The monoisotopic (exact) mass is 274 g/mol. The van der Waals surface area contributed by atoms with Gasteiger partial charge in [-0.1, -0.05) is 15.9 Å². The fraction of sp³-hybridized carbons (Fsp3) is 0.700. The molecule has 78 valence electrons. The second-order valence-corrected chi connectivity index (χ2v) is 5.39. The van der Waals surface area contributed by atoms with Gasteiger partial charge in [0.05, 0.1) is 0 Å². The molecule has 0 aromatic carbocycles. The predicted octanol–water partition coefficient (Wildman–Crippen LogP) is 3.14. The van der Waals surface area contributed by atoms with E-state index in [1.165, 1.54) is 37.5 Å². The van der Waals surface area contributed by atoms with Crippen molar-refractivity contribution in [2.24, 2.45) is 5.92 Å². The predicted molar refractivity (Wildman–Crippen MR) is 65.5 cm³/mol. The van der Waals surface area contributed by atoms with E-state index in [4.69, 9.17) is 0 Å². The largest absolute Gasteiger partial charge is 0.348 e. The van der Waals surface area contributed by atoms with E-state index in [1.807, 2.05) is 6.20 Å². The number of alkyl halides is 1. The van der Waals surface area contributed by atoms with Gasteiger partial charge in [0.2, 0.25) is 0 Å². The van der Waals surface area contributed by atoms with Crippen LogP contribution in [0.2, 0.25) is 0 Å². The summed E-state index contributed by atoms with van der Waals surface area (Å²) in [6, 6.07) is 0. The van der Waals surface area contributed by atoms with Crippen LogP contribution in [0.15, 0.2) is 11.6 Å². The minimum Gasteiger partial charge on any atom is -0.348 e. The van der Waals surface area contributed by atoms with Crippen molar-refractivity contribution in [3.05, 3.63) is 11.6 Å². The Labute approximate surface area is 97.5 Å². The van der Waals surface area contributed by atoms with Gasteiger partial charge in [0.15, 0.2) is 5.13 Å². The zero-order chi connectivity index (χ0) is 9.80. The summed E-state index contributed by atoms with van der Waals surface area (Å²) in [4.78, 5) is 6.76. The second-order valence-electron chi connectivity index (χ2n) is 3.72. The van der Waals surface area contributed by atoms with Crippen LogP contribution < -0.4 is 4.90 Å². The number of hydrogen-bond acceptors (Lipinski definition) is 3. The van der Waals surface area contributed by atoms with Crippen LogP contribution in [0.25, 0.3) is 0 Å². The van der Waals surface area contributed by atoms with Crippen LogP contribution in [0, 0.1) is 5.92 Å². The van der Waals surface area contributed by atoms with E-state index in [-0.39, 0.29) is 0 Å². The molecule has 1 aliphatic heterocycles. The summed E-state index contributed by atoms with van der Waals surface area (Å²) in [5.74, 6) is 0.922. The fourth-order valence-corrected chi connectivity index (χ4v) is 3.28. The molecule has 2 heterocycles. The van der Waals surface area contributed by atoms with Crippen LogP contribution in [0.3, 0.4) is 0 Å². The average molecular weight is 275 g/mol. The van der Waals surface area contributed by atoms with Crippen molar-refractivity contribution in [1.82, 2.24) is 4.98 Å². The van der Waals surface area contributed by atoms with Crippen molar-refractivity contribution in [2.75, 3.05) is 23.3 Å². The van der Waals surface area contributed by atoms with Crippen molar-refractivity contribution in [3.63, 3.8) is 0 Å². The first-order valence-corrected chi connectivity index (χ1v) is 7.10. The maximum atomic E-state index is 4.35. The first kappa shape index (κ1) is 10.4. The van der Waals surface area contributed by atoms with Crippen LogP contribution in [0.5, 0.6) is 0 Å². The van der Waals surface area contributed by atoms with E-state index in [0.717, 1.165) is 11.2 Å². The third kappa shape index (κ3) is 2.48. The number of anilines is 1. The van der Waals surface area contributed by atoms with Gasteiger partial charge in [-0.2, -0.15) is 0 Å². The number of rotatable bonds is 3. The molecule has 2 rings (SSSR count). The maximum absolute atomic E-state index is 4.35. The van der Waals surface area contributed by atoms with Gasteiger partial charge in [0.25, 0.3) is 0 Å². The average Bonchev–Trinajstić information content (AvgIpc) is 2.72. The molecule has 0 unspecified atom stereocenters. The summed E-state index contributed by atoms with van der Waals surface area (Å²) >= 11 is 5.26. The Morgan fingerprint density at radius 1 is 1.50 bits per heavy atom. The highest BCUT2D eigenvalue weighted by molar-refractivity contribution is 9.09. The number of thiazole rings is 1. The van der Waals surface area contributed by atoms with Crippen molar-refractivity contribution < 1.29 is 0 Å². The normalized spacial score (nSPS) is 18.8. The molecule has 0 bridgehead atoms. The van der Waals surface area contributed by atoms with Gasteiger partial charge < -0.3 is 4.90 Å². The maximum Gasteiger partial charge on any atom is 0.185 e. The topological polar surface area (TPSA) is 16.1 Å². The van der Waals surface area contributed by atoms with Crippen LogP contribution >= 0.6 is 27.3 Å². The Morgan fingerprint density at radius 3 is 2.86 bits per heavy atom. The van der Waals surface area contributed by atoms with Crippen molar-refractivity contribution in [1.29, 1.82) is 0 Å². The molecule has 0 spiro atoms. The molecule has 0 atom stereocenters. The van der Waals surface area contributed by atoms with E-state index in [1.54, 1.807) is 11.3 Å². The Kier molecular flexibility index (Phi) is 3.81. The molecule has 0 saturated carbocycles. The first-order valence-electron chi connectivity index (χ1n) is 5.10. The summed E-state index contributed by atoms with van der Waals surface area (Å²) < 4.78 is 0. The van der Waals surface area contributed by atoms with E-state index in [0.29, 0.717) is 0 Å². The van der Waals surface area contributed by atoms with Crippen LogP contribution in [-0.2, 0) is 0 Å². The van der Waals surface area contributed by atoms with Gasteiger partial charge in [0.1, 0.15) is 0 Å². The number of halogens is 1. The molecule has 1 aromatic heterocycles. The van der Waals surface area contributed by atoms with Crippen LogP contribution in [0.1, 0.15) is 19.3 Å². The van der Waals surface area contributed by atoms with E-state index in [2.05, 4.69) is 31.2 Å². The molecule has 1 aliphatic rings. The number of hydrogen-bond donors (Lipinski definition) is 0. The number of nitrogens with zero attached hydrogens (tertiary/aromatic N) is 2. The zero-order valence-electron chi connectivity index (χ0n) is 8.16. The highest BCUT2D eigenvalue weighted by Gasteiger charge is 2.19. The lowest BCUT2D eigenvalue weighted by Crippen LogP contribution is -2.33. The molecule has 14 heavy (non-hydrogen) atoms. The molecule has 2 nitrogen and oxygen atoms in total. The third-order valence-electron chi connectivity index (χ3n) is 2.82. The van der Waals surface area contributed by atoms with Crippen molar-refractivity contribution >= 4 is 32.4 Å². The number of piperidine rings is 1. The quantitative estimate of drug-likeness (QED) is 0.788. The Bertz CT molecular complexity index is 255. The van der Waals surface area contributed by atoms with Crippen molar-refractivity contribution in [2.45, 2.75) is 19.3 Å². The highest BCUT2D eigenvalue weighted by Crippen LogP contribution is 2.26. The summed E-state index contributed by atoms with van der Waals surface area (Å²) in [5.41, 5.74) is 0. The lowest BCUT2D eigenvalue weighted by Gasteiger charge is -2.31. The van der Waals surface area contributed by atoms with Crippen molar-refractivity contribution in [3.8, 4) is 0 Å². The molecule has 1 fully saturated rings. The summed E-state index contributed by atoms with van der Waals surface area (Å²) in [6.07, 6.45) is 5.87. The standard InChI is InChI=1S/C10H15BrN2S/c11-4-1-9-2-6-13(7-3-9)10-12-5-8-14-10/h5,8-9H,1-4,6-7H2. The van der Waals surface area contributed by atoms with Gasteiger partial charge in [-0.3, -0.25) is 0 Å². The molecule has 4 heteroatoms. The van der Waals surface area contributed by atoms with Gasteiger partial charge in [-0.15, -0.1) is 11.3 Å². The van der Waals surface area contributed by atoms with E-state index in [9.17, 15) is 0 Å².